The third kappa shape index (κ3) is 3.76. The molecule has 1 atom stereocenters. The maximum Gasteiger partial charge on any atom is 0.234 e. The highest BCUT2D eigenvalue weighted by Gasteiger charge is 2.25. The van der Waals surface area contributed by atoms with Crippen molar-refractivity contribution in [1.29, 1.82) is 0 Å². The minimum Gasteiger partial charge on any atom is -0.348 e. The number of nitrogens with zero attached hydrogens (tertiary/aromatic N) is 2. The zero-order valence-corrected chi connectivity index (χ0v) is 14.6. The van der Waals surface area contributed by atoms with Crippen LogP contribution in [0.25, 0.3) is 0 Å². The Morgan fingerprint density at radius 2 is 2.04 bits per heavy atom. The number of piperidine rings is 1. The van der Waals surface area contributed by atoms with Crippen molar-refractivity contribution in [3.8, 4) is 0 Å². The predicted molar refractivity (Wildman–Crippen MR) is 97.3 cm³/mol. The van der Waals surface area contributed by atoms with E-state index in [4.69, 9.17) is 0 Å². The summed E-state index contributed by atoms with van der Waals surface area (Å²) in [6, 6.07) is 10.8. The van der Waals surface area contributed by atoms with Crippen LogP contribution in [-0.4, -0.2) is 40.6 Å². The fraction of sp³-hybridized carbons (Fsp3) is 0.500. The van der Waals surface area contributed by atoms with Crippen LogP contribution in [-0.2, 0) is 11.2 Å². The molecule has 2 heterocycles. The van der Waals surface area contributed by atoms with Gasteiger partial charge in [0, 0.05) is 17.8 Å². The van der Waals surface area contributed by atoms with Gasteiger partial charge in [-0.25, -0.2) is 0 Å². The molecule has 2 aliphatic rings. The molecule has 1 aromatic heterocycles. The summed E-state index contributed by atoms with van der Waals surface area (Å²) >= 11 is 0. The number of fused-ring (bicyclic) bond motifs is 1. The van der Waals surface area contributed by atoms with Gasteiger partial charge >= 0.3 is 0 Å². The van der Waals surface area contributed by atoms with Crippen LogP contribution in [0.4, 0.5) is 0 Å². The summed E-state index contributed by atoms with van der Waals surface area (Å²) in [6.45, 7) is 2.45. The molecular formula is C20H26N4O. The van der Waals surface area contributed by atoms with Gasteiger partial charge in [0.05, 0.1) is 12.6 Å². The van der Waals surface area contributed by atoms with Crippen molar-refractivity contribution in [2.45, 2.75) is 44.1 Å². The number of hydrogen-bond acceptors (Lipinski definition) is 3. The average Bonchev–Trinajstić information content (AvgIpc) is 3.17. The van der Waals surface area contributed by atoms with Crippen LogP contribution in [0.2, 0.25) is 0 Å². The van der Waals surface area contributed by atoms with Crippen LogP contribution >= 0.6 is 0 Å². The number of amides is 1. The molecule has 1 saturated heterocycles. The fourth-order valence-corrected chi connectivity index (χ4v) is 4.24. The number of H-pyrrole nitrogens is 1. The smallest absolute Gasteiger partial charge is 0.234 e. The fourth-order valence-electron chi connectivity index (χ4n) is 4.24. The van der Waals surface area contributed by atoms with Crippen molar-refractivity contribution in [3.63, 3.8) is 0 Å². The molecule has 1 aliphatic heterocycles. The van der Waals surface area contributed by atoms with Crippen molar-refractivity contribution in [1.82, 2.24) is 20.4 Å². The lowest BCUT2D eigenvalue weighted by atomic mass is 9.88. The molecule has 1 aliphatic carbocycles. The minimum atomic E-state index is 0.154. The molecule has 4 rings (SSSR count). The van der Waals surface area contributed by atoms with Gasteiger partial charge in [-0.2, -0.15) is 5.10 Å². The van der Waals surface area contributed by atoms with E-state index in [1.807, 2.05) is 6.20 Å². The van der Waals surface area contributed by atoms with Gasteiger partial charge in [0.25, 0.3) is 0 Å². The normalized spacial score (nSPS) is 21.7. The second-order valence-corrected chi connectivity index (χ2v) is 7.27. The third-order valence-electron chi connectivity index (χ3n) is 5.62. The zero-order valence-electron chi connectivity index (χ0n) is 14.6. The van der Waals surface area contributed by atoms with E-state index in [2.05, 4.69) is 50.7 Å². The number of benzene rings is 1. The van der Waals surface area contributed by atoms with E-state index in [1.165, 1.54) is 16.8 Å². The molecular weight excluding hydrogens is 312 g/mol. The quantitative estimate of drug-likeness (QED) is 0.901. The van der Waals surface area contributed by atoms with Crippen molar-refractivity contribution in [2.24, 2.45) is 0 Å². The van der Waals surface area contributed by atoms with Crippen LogP contribution in [0, 0.1) is 0 Å². The first-order chi connectivity index (χ1) is 12.3. The van der Waals surface area contributed by atoms with E-state index in [0.29, 0.717) is 12.5 Å². The Morgan fingerprint density at radius 1 is 1.20 bits per heavy atom. The first-order valence-corrected chi connectivity index (χ1v) is 9.38. The molecule has 5 nitrogen and oxygen atoms in total. The molecule has 0 radical (unpaired) electrons. The molecule has 25 heavy (non-hydrogen) atoms. The van der Waals surface area contributed by atoms with E-state index >= 15 is 0 Å². The summed E-state index contributed by atoms with van der Waals surface area (Å²) in [5.41, 5.74) is 3.92. The Labute approximate surface area is 148 Å². The molecule has 0 unspecified atom stereocenters. The van der Waals surface area contributed by atoms with Gasteiger partial charge in [0.2, 0.25) is 5.91 Å². The Balaban J connectivity index is 1.29. The van der Waals surface area contributed by atoms with Gasteiger partial charge in [0.15, 0.2) is 0 Å². The van der Waals surface area contributed by atoms with E-state index in [9.17, 15) is 4.79 Å². The van der Waals surface area contributed by atoms with Crippen molar-refractivity contribution in [3.05, 3.63) is 53.3 Å². The molecule has 1 amide bonds. The molecule has 0 spiro atoms. The van der Waals surface area contributed by atoms with Crippen molar-refractivity contribution in [2.75, 3.05) is 19.6 Å². The van der Waals surface area contributed by atoms with Crippen molar-refractivity contribution >= 4 is 5.91 Å². The summed E-state index contributed by atoms with van der Waals surface area (Å²) in [5, 5.41) is 10.4. The molecule has 132 valence electrons. The Kier molecular flexibility index (Phi) is 4.83. The Morgan fingerprint density at radius 3 is 2.84 bits per heavy atom. The predicted octanol–water partition coefficient (Wildman–Crippen LogP) is 2.78. The lowest BCUT2D eigenvalue weighted by Gasteiger charge is -2.32. The highest BCUT2D eigenvalue weighted by atomic mass is 16.2. The number of aromatic nitrogens is 2. The number of nitrogens with one attached hydrogen (secondary N) is 2. The summed E-state index contributed by atoms with van der Waals surface area (Å²) in [4.78, 5) is 14.8. The number of carbonyl (C=O) groups is 1. The molecule has 2 aromatic rings. The molecule has 1 fully saturated rings. The average molecular weight is 338 g/mol. The Bertz CT molecular complexity index is 704. The summed E-state index contributed by atoms with van der Waals surface area (Å²) in [7, 11) is 0. The number of likely N-dealkylation sites (tertiary alicyclic amines) is 1. The van der Waals surface area contributed by atoms with E-state index in [-0.39, 0.29) is 11.9 Å². The molecule has 1 aromatic carbocycles. The van der Waals surface area contributed by atoms with Crippen LogP contribution in [0.5, 0.6) is 0 Å². The number of carbonyl (C=O) groups excluding carboxylic acids is 1. The molecule has 5 heteroatoms. The lowest BCUT2D eigenvalue weighted by molar-refractivity contribution is -0.123. The van der Waals surface area contributed by atoms with Gasteiger partial charge in [-0.1, -0.05) is 24.3 Å². The maximum absolute atomic E-state index is 12.5. The third-order valence-corrected chi connectivity index (χ3v) is 5.62. The largest absolute Gasteiger partial charge is 0.348 e. The van der Waals surface area contributed by atoms with Gasteiger partial charge in [-0.05, 0) is 62.4 Å². The van der Waals surface area contributed by atoms with Gasteiger partial charge < -0.3 is 5.32 Å². The lowest BCUT2D eigenvalue weighted by Crippen LogP contribution is -2.42. The van der Waals surface area contributed by atoms with E-state index in [1.54, 1.807) is 0 Å². The standard InChI is InChI=1S/C20H26N4O/c25-20(22-19-7-3-5-15-4-1-2-6-17(15)19)14-24-12-9-16(10-13-24)18-8-11-21-23-18/h1-2,4,6,8,11,16,19H,3,5,7,9-10,12-14H2,(H,21,23)(H,22,25)/t19-/m0/s1. The van der Waals surface area contributed by atoms with E-state index < -0.39 is 0 Å². The minimum absolute atomic E-state index is 0.154. The summed E-state index contributed by atoms with van der Waals surface area (Å²) in [5.74, 6) is 0.703. The number of hydrogen-bond donors (Lipinski definition) is 2. The highest BCUT2D eigenvalue weighted by Crippen LogP contribution is 2.29. The second-order valence-electron chi connectivity index (χ2n) is 7.27. The monoisotopic (exact) mass is 338 g/mol. The highest BCUT2D eigenvalue weighted by molar-refractivity contribution is 5.78. The van der Waals surface area contributed by atoms with E-state index in [0.717, 1.165) is 45.2 Å². The maximum atomic E-state index is 12.5. The van der Waals surface area contributed by atoms with Gasteiger partial charge in [0.1, 0.15) is 0 Å². The first kappa shape index (κ1) is 16.3. The van der Waals surface area contributed by atoms with Crippen LogP contribution in [0.3, 0.4) is 0 Å². The SMILES string of the molecule is O=C(CN1CCC(c2ccn[nH]2)CC1)N[C@H]1CCCc2ccccc21. The Hall–Kier alpha value is -2.14. The molecule has 0 bridgehead atoms. The van der Waals surface area contributed by atoms with Gasteiger partial charge in [-0.3, -0.25) is 14.8 Å². The summed E-state index contributed by atoms with van der Waals surface area (Å²) < 4.78 is 0. The number of aromatic amines is 1. The zero-order chi connectivity index (χ0) is 17.1. The van der Waals surface area contributed by atoms with Gasteiger partial charge in [-0.15, -0.1) is 0 Å². The van der Waals surface area contributed by atoms with Crippen molar-refractivity contribution < 1.29 is 4.79 Å². The second kappa shape index (κ2) is 7.40. The van der Waals surface area contributed by atoms with Crippen LogP contribution in [0.1, 0.15) is 54.5 Å². The summed E-state index contributed by atoms with van der Waals surface area (Å²) in [6.07, 6.45) is 7.31. The first-order valence-electron chi connectivity index (χ1n) is 9.38. The van der Waals surface area contributed by atoms with Crippen LogP contribution in [0.15, 0.2) is 36.5 Å². The molecule has 0 saturated carbocycles. The number of rotatable bonds is 4. The van der Waals surface area contributed by atoms with Crippen LogP contribution < -0.4 is 5.32 Å². The molecule has 2 N–H and O–H groups in total. The topological polar surface area (TPSA) is 61.0 Å². The number of aryl methyl sites for hydroxylation is 1.